The van der Waals surface area contributed by atoms with Crippen LogP contribution < -0.4 is 5.32 Å². The van der Waals surface area contributed by atoms with Gasteiger partial charge in [-0.15, -0.1) is 0 Å². The predicted molar refractivity (Wildman–Crippen MR) is 89.8 cm³/mol. The third-order valence-corrected chi connectivity index (χ3v) is 3.45. The summed E-state index contributed by atoms with van der Waals surface area (Å²) in [5.41, 5.74) is 0.146. The van der Waals surface area contributed by atoms with Gasteiger partial charge in [0.2, 0.25) is 0 Å². The van der Waals surface area contributed by atoms with Crippen LogP contribution >= 0.6 is 0 Å². The summed E-state index contributed by atoms with van der Waals surface area (Å²) in [7, 11) is -3.66. The molecule has 0 heterocycles. The topological polar surface area (TPSA) is 90.9 Å². The van der Waals surface area contributed by atoms with Crippen LogP contribution in [-0.2, 0) is 30.4 Å². The number of rotatable bonds is 9. The minimum absolute atomic E-state index is 0.193. The van der Waals surface area contributed by atoms with Gasteiger partial charge in [0.15, 0.2) is 6.23 Å². The number of carbonyl (C=O) groups excluding carboxylic acids is 1. The van der Waals surface area contributed by atoms with Crippen LogP contribution in [0.4, 0.5) is 4.79 Å². The van der Waals surface area contributed by atoms with Gasteiger partial charge in [0.1, 0.15) is 5.60 Å². The molecule has 0 aliphatic heterocycles. The van der Waals surface area contributed by atoms with Crippen molar-refractivity contribution in [1.29, 1.82) is 0 Å². The largest absolute Gasteiger partial charge is 0.441 e. The first-order valence-corrected chi connectivity index (χ1v) is 9.42. The summed E-state index contributed by atoms with van der Waals surface area (Å²) in [6.07, 6.45) is -0.524. The molecule has 1 aromatic carbocycles. The smallest absolute Gasteiger partial charge is 0.409 e. The van der Waals surface area contributed by atoms with Crippen molar-refractivity contribution in [2.45, 2.75) is 45.6 Å². The molecular weight excluding hydrogens is 334 g/mol. The molecule has 1 atom stereocenters. The second kappa shape index (κ2) is 9.00. The van der Waals surface area contributed by atoms with Crippen molar-refractivity contribution in [3.8, 4) is 0 Å². The number of nitrogens with one attached hydrogen (secondary N) is 1. The van der Waals surface area contributed by atoms with Crippen molar-refractivity contribution in [3.05, 3.63) is 35.9 Å². The minimum atomic E-state index is -3.66. The zero-order valence-electron chi connectivity index (χ0n) is 14.4. The number of alkyl carbamates (subject to hydrolysis) is 1. The lowest BCUT2D eigenvalue weighted by atomic mass is 10.1. The van der Waals surface area contributed by atoms with Gasteiger partial charge in [0, 0.05) is 0 Å². The van der Waals surface area contributed by atoms with E-state index >= 15 is 0 Å². The lowest BCUT2D eigenvalue weighted by Gasteiger charge is -2.26. The molecule has 1 N–H and O–H groups in total. The molecular formula is C16H25NO6S. The van der Waals surface area contributed by atoms with Crippen LogP contribution in [-0.4, -0.2) is 39.2 Å². The van der Waals surface area contributed by atoms with E-state index in [2.05, 4.69) is 5.32 Å². The van der Waals surface area contributed by atoms with Crippen molar-refractivity contribution >= 4 is 16.2 Å². The van der Waals surface area contributed by atoms with Gasteiger partial charge in [-0.25, -0.2) is 8.98 Å². The fourth-order valence-electron chi connectivity index (χ4n) is 1.84. The minimum Gasteiger partial charge on any atom is -0.441 e. The first kappa shape index (κ1) is 20.4. The Morgan fingerprint density at radius 1 is 1.25 bits per heavy atom. The lowest BCUT2D eigenvalue weighted by molar-refractivity contribution is -0.0414. The SMILES string of the molecule is CC[C@@H](NC(=O)OC(C)(C)COCc1ccccc1)OS(C)(=O)=O. The molecule has 0 unspecified atom stereocenters. The zero-order chi connectivity index (χ0) is 18.2. The molecule has 0 aliphatic rings. The number of ether oxygens (including phenoxy) is 2. The molecule has 24 heavy (non-hydrogen) atoms. The molecule has 0 aromatic heterocycles. The highest BCUT2D eigenvalue weighted by Gasteiger charge is 2.25. The Balaban J connectivity index is 2.42. The van der Waals surface area contributed by atoms with Gasteiger partial charge in [-0.2, -0.15) is 8.42 Å². The van der Waals surface area contributed by atoms with Gasteiger partial charge in [-0.3, -0.25) is 5.32 Å². The van der Waals surface area contributed by atoms with Crippen LogP contribution in [0.15, 0.2) is 30.3 Å². The normalized spacial score (nSPS) is 13.3. The average molecular weight is 359 g/mol. The Kier molecular flexibility index (Phi) is 7.65. The summed E-state index contributed by atoms with van der Waals surface area (Å²) >= 11 is 0. The van der Waals surface area contributed by atoms with Crippen LogP contribution in [0.5, 0.6) is 0 Å². The maximum absolute atomic E-state index is 11.9. The van der Waals surface area contributed by atoms with E-state index in [1.807, 2.05) is 30.3 Å². The van der Waals surface area contributed by atoms with E-state index in [-0.39, 0.29) is 13.0 Å². The number of carbonyl (C=O) groups is 1. The number of hydrogen-bond acceptors (Lipinski definition) is 6. The second-order valence-electron chi connectivity index (χ2n) is 5.97. The maximum Gasteiger partial charge on any atom is 0.409 e. The molecule has 0 radical (unpaired) electrons. The fourth-order valence-corrected chi connectivity index (χ4v) is 2.44. The molecule has 1 amide bonds. The van der Waals surface area contributed by atoms with Crippen molar-refractivity contribution in [3.63, 3.8) is 0 Å². The third-order valence-electron chi connectivity index (χ3n) is 2.87. The molecule has 0 aliphatic carbocycles. The van der Waals surface area contributed by atoms with E-state index in [0.717, 1.165) is 11.8 Å². The maximum atomic E-state index is 11.9. The van der Waals surface area contributed by atoms with E-state index in [4.69, 9.17) is 13.7 Å². The van der Waals surface area contributed by atoms with Crippen LogP contribution in [0, 0.1) is 0 Å². The molecule has 1 rings (SSSR count). The molecule has 0 saturated carbocycles. The van der Waals surface area contributed by atoms with Crippen molar-refractivity contribution in [2.24, 2.45) is 0 Å². The summed E-state index contributed by atoms with van der Waals surface area (Å²) in [6.45, 7) is 5.69. The van der Waals surface area contributed by atoms with Gasteiger partial charge in [-0.1, -0.05) is 37.3 Å². The Morgan fingerprint density at radius 3 is 2.42 bits per heavy atom. The Labute approximate surface area is 143 Å². The Hall–Kier alpha value is -1.64. The molecule has 1 aromatic rings. The van der Waals surface area contributed by atoms with Crippen LogP contribution in [0.2, 0.25) is 0 Å². The van der Waals surface area contributed by atoms with Crippen LogP contribution in [0.25, 0.3) is 0 Å². The molecule has 8 heteroatoms. The van der Waals surface area contributed by atoms with E-state index in [1.165, 1.54) is 0 Å². The van der Waals surface area contributed by atoms with Gasteiger partial charge in [0.05, 0.1) is 19.5 Å². The molecule has 0 fully saturated rings. The van der Waals surface area contributed by atoms with Crippen molar-refractivity contribution < 1.29 is 26.9 Å². The average Bonchev–Trinajstić information content (AvgIpc) is 2.45. The summed E-state index contributed by atoms with van der Waals surface area (Å²) in [4.78, 5) is 11.9. The first-order chi connectivity index (χ1) is 11.1. The van der Waals surface area contributed by atoms with Gasteiger partial charge >= 0.3 is 6.09 Å². The summed E-state index contributed by atoms with van der Waals surface area (Å²) < 4.78 is 37.8. The van der Waals surface area contributed by atoms with Crippen molar-refractivity contribution in [1.82, 2.24) is 5.32 Å². The molecule has 0 bridgehead atoms. The van der Waals surface area contributed by atoms with E-state index in [9.17, 15) is 13.2 Å². The number of benzene rings is 1. The highest BCUT2D eigenvalue weighted by atomic mass is 32.2. The zero-order valence-corrected chi connectivity index (χ0v) is 15.3. The third kappa shape index (κ3) is 8.85. The van der Waals surface area contributed by atoms with E-state index in [0.29, 0.717) is 6.61 Å². The quantitative estimate of drug-likeness (QED) is 0.538. The van der Waals surface area contributed by atoms with Gasteiger partial charge < -0.3 is 9.47 Å². The molecule has 0 spiro atoms. The van der Waals surface area contributed by atoms with Crippen LogP contribution in [0.1, 0.15) is 32.8 Å². The first-order valence-electron chi connectivity index (χ1n) is 7.61. The number of amides is 1. The molecule has 7 nitrogen and oxygen atoms in total. The Bertz CT molecular complexity index is 615. The standard InChI is InChI=1S/C16H25NO6S/c1-5-14(23-24(4,19)20)17-15(18)22-16(2,3)12-21-11-13-9-7-6-8-10-13/h6-10,14H,5,11-12H2,1-4H3,(H,17,18)/t14-/m0/s1. The molecule has 0 saturated heterocycles. The summed E-state index contributed by atoms with van der Waals surface area (Å²) in [6, 6.07) is 9.63. The molecule has 136 valence electrons. The summed E-state index contributed by atoms with van der Waals surface area (Å²) in [5.74, 6) is 0. The highest BCUT2D eigenvalue weighted by molar-refractivity contribution is 7.86. The van der Waals surface area contributed by atoms with E-state index < -0.39 is 28.0 Å². The van der Waals surface area contributed by atoms with Crippen LogP contribution in [0.3, 0.4) is 0 Å². The van der Waals surface area contributed by atoms with Crippen molar-refractivity contribution in [2.75, 3.05) is 12.9 Å². The Morgan fingerprint density at radius 2 is 1.88 bits per heavy atom. The second-order valence-corrected chi connectivity index (χ2v) is 7.57. The monoisotopic (exact) mass is 359 g/mol. The fraction of sp³-hybridized carbons (Fsp3) is 0.562. The van der Waals surface area contributed by atoms with Gasteiger partial charge in [-0.05, 0) is 25.8 Å². The summed E-state index contributed by atoms with van der Waals surface area (Å²) in [5, 5.41) is 2.37. The lowest BCUT2D eigenvalue weighted by Crippen LogP contribution is -2.43. The number of hydrogen-bond donors (Lipinski definition) is 1. The predicted octanol–water partition coefficient (Wildman–Crippen LogP) is 2.42. The highest BCUT2D eigenvalue weighted by Crippen LogP contribution is 2.12. The van der Waals surface area contributed by atoms with E-state index in [1.54, 1.807) is 20.8 Å². The van der Waals surface area contributed by atoms with Gasteiger partial charge in [0.25, 0.3) is 10.1 Å².